The SMILES string of the molecule is Cc1noc(C2(N)CCCCC2)n1. The highest BCUT2D eigenvalue weighted by molar-refractivity contribution is 5.02. The van der Waals surface area contributed by atoms with E-state index in [-0.39, 0.29) is 5.54 Å². The molecule has 0 atom stereocenters. The third kappa shape index (κ3) is 1.58. The zero-order valence-corrected chi connectivity index (χ0v) is 7.92. The Bertz CT molecular complexity index is 289. The van der Waals surface area contributed by atoms with Crippen LogP contribution in [0.5, 0.6) is 0 Å². The molecule has 72 valence electrons. The fraction of sp³-hybridized carbons (Fsp3) is 0.778. The van der Waals surface area contributed by atoms with Crippen molar-refractivity contribution in [2.24, 2.45) is 5.73 Å². The number of nitrogens with zero attached hydrogens (tertiary/aromatic N) is 2. The Morgan fingerprint density at radius 3 is 2.54 bits per heavy atom. The van der Waals surface area contributed by atoms with E-state index in [9.17, 15) is 0 Å². The van der Waals surface area contributed by atoms with Crippen molar-refractivity contribution in [3.05, 3.63) is 11.7 Å². The minimum atomic E-state index is -0.348. The minimum absolute atomic E-state index is 0.348. The molecule has 1 aliphatic rings. The predicted octanol–water partition coefficient (Wildman–Crippen LogP) is 1.50. The molecular weight excluding hydrogens is 166 g/mol. The molecular formula is C9H15N3O. The number of aryl methyl sites for hydroxylation is 1. The van der Waals surface area contributed by atoms with Crippen LogP contribution in [0.1, 0.15) is 43.8 Å². The van der Waals surface area contributed by atoms with Gasteiger partial charge in [0, 0.05) is 0 Å². The molecule has 0 unspecified atom stereocenters. The molecule has 1 fully saturated rings. The van der Waals surface area contributed by atoms with Crippen molar-refractivity contribution in [3.8, 4) is 0 Å². The van der Waals surface area contributed by atoms with E-state index < -0.39 is 0 Å². The van der Waals surface area contributed by atoms with Gasteiger partial charge < -0.3 is 10.3 Å². The third-order valence-corrected chi connectivity index (χ3v) is 2.70. The summed E-state index contributed by atoms with van der Waals surface area (Å²) in [7, 11) is 0. The molecule has 0 radical (unpaired) electrons. The molecule has 1 aliphatic carbocycles. The van der Waals surface area contributed by atoms with E-state index in [4.69, 9.17) is 10.3 Å². The molecule has 1 saturated carbocycles. The predicted molar refractivity (Wildman–Crippen MR) is 48.0 cm³/mol. The van der Waals surface area contributed by atoms with E-state index in [0.29, 0.717) is 11.7 Å². The first-order valence-corrected chi connectivity index (χ1v) is 4.80. The number of nitrogens with two attached hydrogens (primary N) is 1. The molecule has 0 aromatic carbocycles. The van der Waals surface area contributed by atoms with Crippen molar-refractivity contribution in [2.75, 3.05) is 0 Å². The van der Waals surface area contributed by atoms with Crippen LogP contribution in [0.4, 0.5) is 0 Å². The Morgan fingerprint density at radius 1 is 1.31 bits per heavy atom. The molecule has 4 heteroatoms. The highest BCUT2D eigenvalue weighted by Gasteiger charge is 2.34. The molecule has 0 saturated heterocycles. The molecule has 13 heavy (non-hydrogen) atoms. The standard InChI is InChI=1S/C9H15N3O/c1-7-11-8(13-12-7)9(10)5-3-2-4-6-9/h2-6,10H2,1H3. The van der Waals surface area contributed by atoms with E-state index in [1.54, 1.807) is 0 Å². The van der Waals surface area contributed by atoms with Gasteiger partial charge >= 0.3 is 0 Å². The first-order valence-electron chi connectivity index (χ1n) is 4.80. The highest BCUT2D eigenvalue weighted by Crippen LogP contribution is 2.33. The molecule has 0 bridgehead atoms. The quantitative estimate of drug-likeness (QED) is 0.713. The Morgan fingerprint density at radius 2 is 2.00 bits per heavy atom. The van der Waals surface area contributed by atoms with Gasteiger partial charge in [0.2, 0.25) is 5.89 Å². The van der Waals surface area contributed by atoms with Crippen molar-refractivity contribution in [1.82, 2.24) is 10.1 Å². The molecule has 1 aromatic rings. The second-order valence-corrected chi connectivity index (χ2v) is 3.86. The lowest BCUT2D eigenvalue weighted by Gasteiger charge is -2.29. The van der Waals surface area contributed by atoms with Gasteiger partial charge in [-0.3, -0.25) is 0 Å². The molecule has 0 aliphatic heterocycles. The first kappa shape index (κ1) is 8.69. The number of aromatic nitrogens is 2. The minimum Gasteiger partial charge on any atom is -0.337 e. The lowest BCUT2D eigenvalue weighted by atomic mass is 9.82. The zero-order chi connectivity index (χ0) is 9.31. The molecule has 0 amide bonds. The van der Waals surface area contributed by atoms with Gasteiger partial charge in [0.15, 0.2) is 5.82 Å². The number of hydrogen-bond donors (Lipinski definition) is 1. The van der Waals surface area contributed by atoms with Crippen LogP contribution in [0.15, 0.2) is 4.52 Å². The van der Waals surface area contributed by atoms with Gasteiger partial charge in [0.1, 0.15) is 0 Å². The van der Waals surface area contributed by atoms with Gasteiger partial charge in [-0.2, -0.15) is 4.98 Å². The van der Waals surface area contributed by atoms with Gasteiger partial charge in [-0.15, -0.1) is 0 Å². The van der Waals surface area contributed by atoms with Gasteiger partial charge in [-0.25, -0.2) is 0 Å². The molecule has 2 N–H and O–H groups in total. The first-order chi connectivity index (χ1) is 6.21. The van der Waals surface area contributed by atoms with Gasteiger partial charge in [-0.05, 0) is 19.8 Å². The van der Waals surface area contributed by atoms with Gasteiger partial charge in [-0.1, -0.05) is 24.4 Å². The summed E-state index contributed by atoms with van der Waals surface area (Å²) in [4.78, 5) is 4.20. The normalized spacial score (nSPS) is 21.7. The Balaban J connectivity index is 2.22. The molecule has 1 aromatic heterocycles. The number of hydrogen-bond acceptors (Lipinski definition) is 4. The highest BCUT2D eigenvalue weighted by atomic mass is 16.5. The van der Waals surface area contributed by atoms with Crippen LogP contribution in [0.25, 0.3) is 0 Å². The topological polar surface area (TPSA) is 64.9 Å². The smallest absolute Gasteiger partial charge is 0.246 e. The average molecular weight is 181 g/mol. The van der Waals surface area contributed by atoms with Crippen molar-refractivity contribution in [2.45, 2.75) is 44.6 Å². The van der Waals surface area contributed by atoms with Crippen molar-refractivity contribution >= 4 is 0 Å². The third-order valence-electron chi connectivity index (χ3n) is 2.70. The van der Waals surface area contributed by atoms with E-state index in [1.807, 2.05) is 6.92 Å². The summed E-state index contributed by atoms with van der Waals surface area (Å²) in [6, 6.07) is 0. The van der Waals surface area contributed by atoms with Crippen LogP contribution in [0.3, 0.4) is 0 Å². The van der Waals surface area contributed by atoms with E-state index in [2.05, 4.69) is 10.1 Å². The van der Waals surface area contributed by atoms with Crippen LogP contribution >= 0.6 is 0 Å². The summed E-state index contributed by atoms with van der Waals surface area (Å²) < 4.78 is 5.12. The monoisotopic (exact) mass is 181 g/mol. The maximum Gasteiger partial charge on any atom is 0.246 e. The second kappa shape index (κ2) is 3.10. The number of rotatable bonds is 1. The van der Waals surface area contributed by atoms with Crippen molar-refractivity contribution < 1.29 is 4.52 Å². The van der Waals surface area contributed by atoms with Crippen molar-refractivity contribution in [3.63, 3.8) is 0 Å². The largest absolute Gasteiger partial charge is 0.337 e. The Kier molecular flexibility index (Phi) is 2.07. The summed E-state index contributed by atoms with van der Waals surface area (Å²) in [6.45, 7) is 1.82. The summed E-state index contributed by atoms with van der Waals surface area (Å²) >= 11 is 0. The molecule has 1 heterocycles. The summed E-state index contributed by atoms with van der Waals surface area (Å²) in [6.07, 6.45) is 5.53. The van der Waals surface area contributed by atoms with Crippen molar-refractivity contribution in [1.29, 1.82) is 0 Å². The Hall–Kier alpha value is -0.900. The van der Waals surface area contributed by atoms with E-state index in [1.165, 1.54) is 6.42 Å². The fourth-order valence-corrected chi connectivity index (χ4v) is 1.90. The molecule has 2 rings (SSSR count). The summed E-state index contributed by atoms with van der Waals surface area (Å²) in [5.74, 6) is 1.29. The maximum atomic E-state index is 6.20. The van der Waals surface area contributed by atoms with Crippen LogP contribution in [0.2, 0.25) is 0 Å². The lowest BCUT2D eigenvalue weighted by molar-refractivity contribution is 0.219. The Labute approximate surface area is 77.5 Å². The van der Waals surface area contributed by atoms with Gasteiger partial charge in [0.25, 0.3) is 0 Å². The fourth-order valence-electron chi connectivity index (χ4n) is 1.90. The van der Waals surface area contributed by atoms with E-state index in [0.717, 1.165) is 25.7 Å². The summed E-state index contributed by atoms with van der Waals surface area (Å²) in [5, 5.41) is 3.77. The van der Waals surface area contributed by atoms with Gasteiger partial charge in [0.05, 0.1) is 5.54 Å². The van der Waals surface area contributed by atoms with Crippen LogP contribution in [-0.2, 0) is 5.54 Å². The lowest BCUT2D eigenvalue weighted by Crippen LogP contribution is -2.38. The molecule has 0 spiro atoms. The van der Waals surface area contributed by atoms with Crippen LogP contribution in [-0.4, -0.2) is 10.1 Å². The summed E-state index contributed by atoms with van der Waals surface area (Å²) in [5.41, 5.74) is 5.85. The van der Waals surface area contributed by atoms with E-state index >= 15 is 0 Å². The van der Waals surface area contributed by atoms with Crippen LogP contribution in [0, 0.1) is 6.92 Å². The average Bonchev–Trinajstić information content (AvgIpc) is 2.54. The second-order valence-electron chi connectivity index (χ2n) is 3.86. The molecule has 4 nitrogen and oxygen atoms in total. The zero-order valence-electron chi connectivity index (χ0n) is 7.92. The van der Waals surface area contributed by atoms with Crippen LogP contribution < -0.4 is 5.73 Å². The maximum absolute atomic E-state index is 6.20.